The van der Waals surface area contributed by atoms with Gasteiger partial charge in [-0.3, -0.25) is 0 Å². The molecule has 0 aromatic heterocycles. The molecule has 3 nitrogen and oxygen atoms in total. The van der Waals surface area contributed by atoms with E-state index in [0.717, 1.165) is 19.4 Å². The van der Waals surface area contributed by atoms with Crippen molar-refractivity contribution in [2.45, 2.75) is 45.4 Å². The van der Waals surface area contributed by atoms with E-state index in [1.807, 2.05) is 0 Å². The molecule has 0 radical (unpaired) electrons. The smallest absolute Gasteiger partial charge is 0.168 e. The highest BCUT2D eigenvalue weighted by Crippen LogP contribution is 2.05. The molecule has 0 aliphatic carbocycles. The molecule has 13 heavy (non-hydrogen) atoms. The van der Waals surface area contributed by atoms with Gasteiger partial charge in [0.05, 0.1) is 0 Å². The fourth-order valence-corrected chi connectivity index (χ4v) is 1.66. The number of hydrogen-bond donors (Lipinski definition) is 2. The van der Waals surface area contributed by atoms with Crippen LogP contribution in [0.15, 0.2) is 0 Å². The summed E-state index contributed by atoms with van der Waals surface area (Å²) in [5, 5.41) is 6.95. The molecule has 2 unspecified atom stereocenters. The summed E-state index contributed by atoms with van der Waals surface area (Å²) in [7, 11) is 0. The average Bonchev–Trinajstić information content (AvgIpc) is 2.03. The largest absolute Gasteiger partial charge is 0.360 e. The molecule has 1 heterocycles. The molecular weight excluding hydrogens is 184 g/mol. The molecule has 1 saturated heterocycles. The van der Waals surface area contributed by atoms with Gasteiger partial charge < -0.3 is 15.4 Å². The van der Waals surface area contributed by atoms with Crippen molar-refractivity contribution in [1.82, 2.24) is 10.6 Å². The van der Waals surface area contributed by atoms with E-state index in [1.54, 1.807) is 0 Å². The molecule has 4 heteroatoms. The van der Waals surface area contributed by atoms with Crippen LogP contribution >= 0.6 is 12.2 Å². The molecule has 1 rings (SSSR count). The molecule has 76 valence electrons. The molecule has 1 aliphatic rings. The maximum atomic E-state index is 5.63. The summed E-state index contributed by atoms with van der Waals surface area (Å²) < 4.78 is 5.63. The van der Waals surface area contributed by atoms with E-state index in [9.17, 15) is 0 Å². The molecule has 0 spiro atoms. The van der Waals surface area contributed by atoms with E-state index >= 15 is 0 Å². The Morgan fingerprint density at radius 1 is 1.54 bits per heavy atom. The molecule has 1 aliphatic heterocycles. The van der Waals surface area contributed by atoms with E-state index < -0.39 is 0 Å². The van der Waals surface area contributed by atoms with Crippen LogP contribution in [0.1, 0.15) is 33.1 Å². The number of hydrogen-bond acceptors (Lipinski definition) is 2. The van der Waals surface area contributed by atoms with Gasteiger partial charge in [0.15, 0.2) is 5.11 Å². The lowest BCUT2D eigenvalue weighted by molar-refractivity contribution is 0.0248. The Labute approximate surface area is 85.2 Å². The van der Waals surface area contributed by atoms with E-state index in [2.05, 4.69) is 24.5 Å². The monoisotopic (exact) mass is 202 g/mol. The van der Waals surface area contributed by atoms with Crippen molar-refractivity contribution in [1.29, 1.82) is 0 Å². The lowest BCUT2D eigenvalue weighted by Gasteiger charge is -2.30. The molecule has 0 amide bonds. The summed E-state index contributed by atoms with van der Waals surface area (Å²) in [6.45, 7) is 5.10. The van der Waals surface area contributed by atoms with Crippen LogP contribution < -0.4 is 10.6 Å². The molecule has 2 atom stereocenters. The van der Waals surface area contributed by atoms with Crippen molar-refractivity contribution in [3.8, 4) is 0 Å². The van der Waals surface area contributed by atoms with Crippen LogP contribution in [-0.2, 0) is 4.74 Å². The van der Waals surface area contributed by atoms with Crippen molar-refractivity contribution in [3.63, 3.8) is 0 Å². The van der Waals surface area contributed by atoms with Crippen LogP contribution in [0.5, 0.6) is 0 Å². The second-order valence-electron chi connectivity index (χ2n) is 3.47. The summed E-state index contributed by atoms with van der Waals surface area (Å²) in [6.07, 6.45) is 3.37. The number of nitrogens with one attached hydrogen (secondary N) is 2. The van der Waals surface area contributed by atoms with Gasteiger partial charge in [-0.05, 0) is 25.6 Å². The molecule has 0 saturated carbocycles. The topological polar surface area (TPSA) is 33.3 Å². The van der Waals surface area contributed by atoms with E-state index in [0.29, 0.717) is 11.2 Å². The molecule has 0 aromatic rings. The second kappa shape index (κ2) is 5.40. The highest BCUT2D eigenvalue weighted by atomic mass is 32.1. The summed E-state index contributed by atoms with van der Waals surface area (Å²) >= 11 is 5.04. The Hall–Kier alpha value is -0.350. The highest BCUT2D eigenvalue weighted by Gasteiger charge is 2.20. The Balaban J connectivity index is 2.21. The first kappa shape index (κ1) is 10.7. The third kappa shape index (κ3) is 3.91. The number of unbranched alkanes of at least 4 members (excludes halogenated alkanes) is 1. The number of rotatable bonds is 4. The van der Waals surface area contributed by atoms with Crippen molar-refractivity contribution in [3.05, 3.63) is 0 Å². The Kier molecular flexibility index (Phi) is 4.45. The van der Waals surface area contributed by atoms with Crippen LogP contribution in [-0.4, -0.2) is 24.0 Å². The predicted octanol–water partition coefficient (Wildman–Crippen LogP) is 1.39. The second-order valence-corrected chi connectivity index (χ2v) is 3.88. The van der Waals surface area contributed by atoms with Crippen LogP contribution in [0, 0.1) is 0 Å². The van der Waals surface area contributed by atoms with Crippen LogP contribution in [0.3, 0.4) is 0 Å². The SMILES string of the molecule is CCCCOC1CC(C)NC(=S)N1. The van der Waals surface area contributed by atoms with E-state index in [1.165, 1.54) is 6.42 Å². The third-order valence-electron chi connectivity index (χ3n) is 2.05. The third-order valence-corrected chi connectivity index (χ3v) is 2.29. The summed E-state index contributed by atoms with van der Waals surface area (Å²) in [5.74, 6) is 0. The van der Waals surface area contributed by atoms with Crippen LogP contribution in [0.2, 0.25) is 0 Å². The van der Waals surface area contributed by atoms with Crippen LogP contribution in [0.25, 0.3) is 0 Å². The standard InChI is InChI=1S/C9H18N2OS/c1-3-4-5-12-8-6-7(2)10-9(13)11-8/h7-8H,3-6H2,1-2H3,(H2,10,11,13). The molecule has 0 aromatic carbocycles. The van der Waals surface area contributed by atoms with Gasteiger partial charge in [-0.1, -0.05) is 13.3 Å². The highest BCUT2D eigenvalue weighted by molar-refractivity contribution is 7.80. The van der Waals surface area contributed by atoms with Crippen molar-refractivity contribution in [2.24, 2.45) is 0 Å². The Morgan fingerprint density at radius 2 is 2.31 bits per heavy atom. The molecular formula is C9H18N2OS. The van der Waals surface area contributed by atoms with Gasteiger partial charge in [-0.2, -0.15) is 0 Å². The number of thiocarbonyl (C=S) groups is 1. The molecule has 0 bridgehead atoms. The lowest BCUT2D eigenvalue weighted by Crippen LogP contribution is -2.54. The summed E-state index contributed by atoms with van der Waals surface area (Å²) in [6, 6.07) is 0.417. The van der Waals surface area contributed by atoms with Crippen molar-refractivity contribution < 1.29 is 4.74 Å². The zero-order valence-corrected chi connectivity index (χ0v) is 9.12. The average molecular weight is 202 g/mol. The molecule has 1 fully saturated rings. The minimum absolute atomic E-state index is 0.107. The van der Waals surface area contributed by atoms with Crippen molar-refractivity contribution >= 4 is 17.3 Å². The van der Waals surface area contributed by atoms with Gasteiger partial charge in [0.1, 0.15) is 6.23 Å². The minimum atomic E-state index is 0.107. The van der Waals surface area contributed by atoms with Gasteiger partial charge >= 0.3 is 0 Å². The van der Waals surface area contributed by atoms with E-state index in [-0.39, 0.29) is 6.23 Å². The van der Waals surface area contributed by atoms with Gasteiger partial charge in [0, 0.05) is 19.1 Å². The van der Waals surface area contributed by atoms with Gasteiger partial charge in [-0.15, -0.1) is 0 Å². The number of ether oxygens (including phenoxy) is 1. The van der Waals surface area contributed by atoms with Gasteiger partial charge in [0.2, 0.25) is 0 Å². The van der Waals surface area contributed by atoms with Crippen LogP contribution in [0.4, 0.5) is 0 Å². The van der Waals surface area contributed by atoms with Gasteiger partial charge in [0.25, 0.3) is 0 Å². The fourth-order valence-electron chi connectivity index (χ4n) is 1.33. The summed E-state index contributed by atoms with van der Waals surface area (Å²) in [5.41, 5.74) is 0. The maximum absolute atomic E-state index is 5.63. The zero-order valence-electron chi connectivity index (χ0n) is 8.30. The molecule has 2 N–H and O–H groups in total. The Morgan fingerprint density at radius 3 is 2.92 bits per heavy atom. The maximum Gasteiger partial charge on any atom is 0.168 e. The fraction of sp³-hybridized carbons (Fsp3) is 0.889. The predicted molar refractivity (Wildman–Crippen MR) is 57.6 cm³/mol. The van der Waals surface area contributed by atoms with Gasteiger partial charge in [-0.25, -0.2) is 0 Å². The first-order valence-electron chi connectivity index (χ1n) is 4.91. The quantitative estimate of drug-likeness (QED) is 0.533. The summed E-state index contributed by atoms with van der Waals surface area (Å²) in [4.78, 5) is 0. The lowest BCUT2D eigenvalue weighted by atomic mass is 10.2. The zero-order chi connectivity index (χ0) is 9.68. The first-order chi connectivity index (χ1) is 6.22. The minimum Gasteiger partial charge on any atom is -0.360 e. The first-order valence-corrected chi connectivity index (χ1v) is 5.32. The van der Waals surface area contributed by atoms with E-state index in [4.69, 9.17) is 17.0 Å². The normalized spacial score (nSPS) is 28.0. The van der Waals surface area contributed by atoms with Crippen molar-refractivity contribution in [2.75, 3.05) is 6.61 Å². The Bertz CT molecular complexity index is 175.